The molecule has 1 unspecified atom stereocenters. The van der Waals surface area contributed by atoms with E-state index in [1.807, 2.05) is 37.3 Å². The molecule has 21 heavy (non-hydrogen) atoms. The fraction of sp³-hybridized carbons (Fsp3) is 0.235. The predicted octanol–water partition coefficient (Wildman–Crippen LogP) is 2.74. The zero-order chi connectivity index (χ0) is 15.1. The van der Waals surface area contributed by atoms with E-state index in [0.717, 1.165) is 5.56 Å². The van der Waals surface area contributed by atoms with Crippen LogP contribution in [0, 0.1) is 0 Å². The molecule has 0 aliphatic heterocycles. The van der Waals surface area contributed by atoms with Crippen molar-refractivity contribution < 1.29 is 9.53 Å². The Kier molecular flexibility index (Phi) is 5.21. The smallest absolute Gasteiger partial charge is 0.261 e. The number of rotatable bonds is 6. The molecule has 0 saturated carbocycles. The molecule has 0 saturated heterocycles. The molecule has 4 nitrogen and oxygen atoms in total. The molecule has 0 aliphatic rings. The highest BCUT2D eigenvalue weighted by Crippen LogP contribution is 2.16. The molecule has 4 heteroatoms. The molecule has 0 fully saturated rings. The summed E-state index contributed by atoms with van der Waals surface area (Å²) in [4.78, 5) is 12.2. The van der Waals surface area contributed by atoms with Gasteiger partial charge in [-0.3, -0.25) is 4.79 Å². The highest BCUT2D eigenvalue weighted by atomic mass is 16.5. The number of carbonyl (C=O) groups excluding carboxylic acids is 1. The summed E-state index contributed by atoms with van der Waals surface area (Å²) in [5.41, 5.74) is 7.36. The predicted molar refractivity (Wildman–Crippen MR) is 83.9 cm³/mol. The van der Waals surface area contributed by atoms with Gasteiger partial charge in [-0.1, -0.05) is 37.3 Å². The molecular formula is C17H20N2O2. The van der Waals surface area contributed by atoms with Crippen molar-refractivity contribution in [2.75, 3.05) is 5.73 Å². The third kappa shape index (κ3) is 4.53. The Morgan fingerprint density at radius 1 is 1.14 bits per heavy atom. The number of nitrogens with one attached hydrogen (secondary N) is 1. The van der Waals surface area contributed by atoms with Crippen LogP contribution in [-0.4, -0.2) is 12.0 Å². The van der Waals surface area contributed by atoms with Crippen LogP contribution in [0.25, 0.3) is 0 Å². The monoisotopic (exact) mass is 284 g/mol. The molecule has 1 atom stereocenters. The third-order valence-electron chi connectivity index (χ3n) is 3.13. The molecule has 3 N–H and O–H groups in total. The number of anilines is 1. The summed E-state index contributed by atoms with van der Waals surface area (Å²) in [6.45, 7) is 2.42. The molecule has 110 valence electrons. The van der Waals surface area contributed by atoms with Crippen molar-refractivity contribution in [3.63, 3.8) is 0 Å². The number of benzene rings is 2. The van der Waals surface area contributed by atoms with Gasteiger partial charge in [-0.05, 0) is 36.2 Å². The number of ether oxygens (including phenoxy) is 1. The van der Waals surface area contributed by atoms with Crippen molar-refractivity contribution >= 4 is 11.6 Å². The molecule has 1 amide bonds. The first-order valence-corrected chi connectivity index (χ1v) is 7.03. The van der Waals surface area contributed by atoms with E-state index in [2.05, 4.69) is 5.32 Å². The van der Waals surface area contributed by atoms with Crippen LogP contribution < -0.4 is 15.8 Å². The second-order valence-electron chi connectivity index (χ2n) is 4.79. The lowest BCUT2D eigenvalue weighted by Crippen LogP contribution is -2.37. The van der Waals surface area contributed by atoms with Crippen molar-refractivity contribution in [3.05, 3.63) is 60.2 Å². The Hall–Kier alpha value is -2.49. The largest absolute Gasteiger partial charge is 0.481 e. The van der Waals surface area contributed by atoms with E-state index in [-0.39, 0.29) is 5.91 Å². The summed E-state index contributed by atoms with van der Waals surface area (Å²) in [6.07, 6.45) is 0.0997. The van der Waals surface area contributed by atoms with Crippen molar-refractivity contribution in [3.8, 4) is 5.75 Å². The maximum absolute atomic E-state index is 12.2. The van der Waals surface area contributed by atoms with Crippen LogP contribution in [0.2, 0.25) is 0 Å². The second kappa shape index (κ2) is 7.33. The van der Waals surface area contributed by atoms with Gasteiger partial charge in [0.05, 0.1) is 0 Å². The van der Waals surface area contributed by atoms with Gasteiger partial charge < -0.3 is 15.8 Å². The number of nitrogen functional groups attached to an aromatic ring is 1. The molecule has 0 bridgehead atoms. The van der Waals surface area contributed by atoms with Crippen LogP contribution in [0.15, 0.2) is 54.6 Å². The quantitative estimate of drug-likeness (QED) is 0.802. The van der Waals surface area contributed by atoms with Gasteiger partial charge in [-0.15, -0.1) is 0 Å². The van der Waals surface area contributed by atoms with Gasteiger partial charge in [0.2, 0.25) is 0 Å². The number of carbonyl (C=O) groups is 1. The summed E-state index contributed by atoms with van der Waals surface area (Å²) >= 11 is 0. The topological polar surface area (TPSA) is 64.3 Å². The molecule has 2 aromatic rings. The SMILES string of the molecule is CCC(Oc1ccc(N)cc1)C(=O)NCc1ccccc1. The van der Waals surface area contributed by atoms with Gasteiger partial charge in [0.15, 0.2) is 6.10 Å². The highest BCUT2D eigenvalue weighted by molar-refractivity contribution is 5.81. The Labute approximate surface area is 124 Å². The van der Waals surface area contributed by atoms with Gasteiger partial charge in [-0.2, -0.15) is 0 Å². The lowest BCUT2D eigenvalue weighted by molar-refractivity contribution is -0.128. The van der Waals surface area contributed by atoms with Crippen LogP contribution in [0.1, 0.15) is 18.9 Å². The van der Waals surface area contributed by atoms with Gasteiger partial charge in [-0.25, -0.2) is 0 Å². The highest BCUT2D eigenvalue weighted by Gasteiger charge is 2.17. The van der Waals surface area contributed by atoms with E-state index >= 15 is 0 Å². The molecular weight excluding hydrogens is 264 g/mol. The first kappa shape index (κ1) is 14.9. The van der Waals surface area contributed by atoms with E-state index in [0.29, 0.717) is 24.4 Å². The van der Waals surface area contributed by atoms with Crippen LogP contribution >= 0.6 is 0 Å². The van der Waals surface area contributed by atoms with E-state index in [1.54, 1.807) is 24.3 Å². The summed E-state index contributed by atoms with van der Waals surface area (Å²) < 4.78 is 5.70. The summed E-state index contributed by atoms with van der Waals surface area (Å²) in [5, 5.41) is 2.89. The standard InChI is InChI=1S/C17H20N2O2/c1-2-16(21-15-10-8-14(18)9-11-15)17(20)19-12-13-6-4-3-5-7-13/h3-11,16H,2,12,18H2,1H3,(H,19,20). The van der Waals surface area contributed by atoms with Crippen molar-refractivity contribution in [1.82, 2.24) is 5.32 Å². The molecule has 2 aromatic carbocycles. The lowest BCUT2D eigenvalue weighted by atomic mass is 10.2. The van der Waals surface area contributed by atoms with Gasteiger partial charge >= 0.3 is 0 Å². The number of amides is 1. The molecule has 2 rings (SSSR count). The van der Waals surface area contributed by atoms with Crippen molar-refractivity contribution in [2.24, 2.45) is 0 Å². The number of hydrogen-bond donors (Lipinski definition) is 2. The minimum Gasteiger partial charge on any atom is -0.481 e. The van der Waals surface area contributed by atoms with Crippen LogP contribution in [0.4, 0.5) is 5.69 Å². The Morgan fingerprint density at radius 3 is 2.43 bits per heavy atom. The van der Waals surface area contributed by atoms with E-state index in [1.165, 1.54) is 0 Å². The van der Waals surface area contributed by atoms with Crippen molar-refractivity contribution in [2.45, 2.75) is 26.0 Å². The summed E-state index contributed by atoms with van der Waals surface area (Å²) in [7, 11) is 0. The molecule has 0 radical (unpaired) electrons. The molecule has 0 spiro atoms. The third-order valence-corrected chi connectivity index (χ3v) is 3.13. The zero-order valence-corrected chi connectivity index (χ0v) is 12.1. The second-order valence-corrected chi connectivity index (χ2v) is 4.79. The van der Waals surface area contributed by atoms with E-state index in [9.17, 15) is 4.79 Å². The van der Waals surface area contributed by atoms with E-state index in [4.69, 9.17) is 10.5 Å². The zero-order valence-electron chi connectivity index (χ0n) is 12.1. The minimum atomic E-state index is -0.502. The fourth-order valence-corrected chi connectivity index (χ4v) is 1.93. The Bertz CT molecular complexity index is 567. The van der Waals surface area contributed by atoms with Crippen LogP contribution in [-0.2, 0) is 11.3 Å². The van der Waals surface area contributed by atoms with Gasteiger partial charge in [0.25, 0.3) is 5.91 Å². The number of nitrogens with two attached hydrogens (primary N) is 1. The normalized spacial score (nSPS) is 11.7. The van der Waals surface area contributed by atoms with Gasteiger partial charge in [0.1, 0.15) is 5.75 Å². The lowest BCUT2D eigenvalue weighted by Gasteiger charge is -2.17. The van der Waals surface area contributed by atoms with Crippen molar-refractivity contribution in [1.29, 1.82) is 0 Å². The number of hydrogen-bond acceptors (Lipinski definition) is 3. The fourth-order valence-electron chi connectivity index (χ4n) is 1.93. The minimum absolute atomic E-state index is 0.113. The average Bonchev–Trinajstić information content (AvgIpc) is 2.53. The molecule has 0 aliphatic carbocycles. The molecule has 0 heterocycles. The average molecular weight is 284 g/mol. The maximum Gasteiger partial charge on any atom is 0.261 e. The van der Waals surface area contributed by atoms with Crippen LogP contribution in [0.3, 0.4) is 0 Å². The molecule has 0 aromatic heterocycles. The first-order chi connectivity index (χ1) is 10.2. The van der Waals surface area contributed by atoms with Crippen LogP contribution in [0.5, 0.6) is 5.75 Å². The van der Waals surface area contributed by atoms with E-state index < -0.39 is 6.10 Å². The maximum atomic E-state index is 12.2. The first-order valence-electron chi connectivity index (χ1n) is 7.03. The summed E-state index contributed by atoms with van der Waals surface area (Å²) in [6, 6.07) is 16.8. The van der Waals surface area contributed by atoms with Gasteiger partial charge in [0, 0.05) is 12.2 Å². The Morgan fingerprint density at radius 2 is 1.81 bits per heavy atom. The Balaban J connectivity index is 1.90. The summed E-state index contributed by atoms with van der Waals surface area (Å²) in [5.74, 6) is 0.532.